The molecule has 0 bridgehead atoms. The van der Waals surface area contributed by atoms with Crippen molar-refractivity contribution in [1.82, 2.24) is 41.9 Å². The minimum Gasteiger partial charge on any atom is -0.508 e. The predicted octanol–water partition coefficient (Wildman–Crippen LogP) is 2.39. The lowest BCUT2D eigenvalue weighted by Crippen LogP contribution is -2.48. The number of likely N-dealkylation sites (N-methyl/N-ethyl adjacent to an activating group) is 1. The summed E-state index contributed by atoms with van der Waals surface area (Å²) in [5.41, 5.74) is 25.4. The number of nitrogens with two attached hydrogens (primary N) is 4. The average Bonchev–Trinajstić information content (AvgIpc) is 3.87. The van der Waals surface area contributed by atoms with Gasteiger partial charge in [-0.1, -0.05) is 112 Å². The van der Waals surface area contributed by atoms with Crippen LogP contribution in [0.2, 0.25) is 0 Å². The van der Waals surface area contributed by atoms with E-state index in [1.165, 1.54) is 50.2 Å². The number of phenolic OH excluding ortho intramolecular Hbond substituents is 1. The topological polar surface area (TPSA) is 382 Å². The van der Waals surface area contributed by atoms with Crippen molar-refractivity contribution in [3.63, 3.8) is 0 Å². The Bertz CT molecular complexity index is 2520. The molecule has 5 atom stereocenters. The number of aliphatic hydroxyl groups excluding tert-OH is 1. The number of benzene rings is 3. The lowest BCUT2D eigenvalue weighted by Gasteiger charge is -2.17. The third-order valence-electron chi connectivity index (χ3n) is 10.7. The number of aromatic hydroxyl groups is 1. The van der Waals surface area contributed by atoms with Crippen LogP contribution in [-0.2, 0) is 51.2 Å². The third-order valence-corrected chi connectivity index (χ3v) is 15.5. The molecular formula is C54H78N12O10S4. The highest BCUT2D eigenvalue weighted by Crippen LogP contribution is 2.29. The van der Waals surface area contributed by atoms with Crippen molar-refractivity contribution in [2.75, 3.05) is 50.5 Å². The number of rotatable bonds is 32. The van der Waals surface area contributed by atoms with Gasteiger partial charge in [-0.25, -0.2) is 4.98 Å². The number of unbranched alkanes of at least 4 members (excludes halogenated alkanes) is 1. The predicted molar refractivity (Wildman–Crippen MR) is 322 cm³/mol. The number of nitrogens with one attached hydrogen (secondary N) is 7. The van der Waals surface area contributed by atoms with Gasteiger partial charge in [-0.15, -0.1) is 0 Å². The molecule has 438 valence electrons. The molecule has 5 unspecified atom stereocenters. The highest BCUT2D eigenvalue weighted by molar-refractivity contribution is 8.77. The molecule has 0 radical (unpaired) electrons. The first-order valence-electron chi connectivity index (χ1n) is 25.4. The van der Waals surface area contributed by atoms with Crippen molar-refractivity contribution >= 4 is 103 Å². The van der Waals surface area contributed by atoms with Crippen LogP contribution in [0.15, 0.2) is 114 Å². The molecule has 5 rings (SSSR count). The van der Waals surface area contributed by atoms with Gasteiger partial charge < -0.3 is 74.8 Å². The lowest BCUT2D eigenvalue weighted by molar-refractivity contribution is -0.130. The van der Waals surface area contributed by atoms with E-state index in [1.807, 2.05) is 60.8 Å². The summed E-state index contributed by atoms with van der Waals surface area (Å²) < 4.78 is 0. The van der Waals surface area contributed by atoms with E-state index >= 15 is 0 Å². The third kappa shape index (κ3) is 33.1. The van der Waals surface area contributed by atoms with Crippen LogP contribution in [0, 0.1) is 6.92 Å². The summed E-state index contributed by atoms with van der Waals surface area (Å²) in [5.74, 6) is 0.318. The van der Waals surface area contributed by atoms with Gasteiger partial charge in [0.15, 0.2) is 0 Å². The molecule has 2 heterocycles. The maximum absolute atomic E-state index is 12.0. The van der Waals surface area contributed by atoms with E-state index in [0.717, 1.165) is 46.9 Å². The second-order valence-corrected chi connectivity index (χ2v) is 22.0. The van der Waals surface area contributed by atoms with E-state index in [4.69, 9.17) is 28.0 Å². The van der Waals surface area contributed by atoms with Crippen molar-refractivity contribution in [2.45, 2.75) is 87.7 Å². The van der Waals surface area contributed by atoms with Crippen LogP contribution in [-0.4, -0.2) is 150 Å². The number of aromatic nitrogens is 2. The smallest absolute Gasteiger partial charge is 0.250 e. The number of amides is 7. The number of pyridine rings is 1. The van der Waals surface area contributed by atoms with Gasteiger partial charge in [0.25, 0.3) is 5.91 Å². The van der Waals surface area contributed by atoms with Crippen LogP contribution in [0.3, 0.4) is 0 Å². The fraction of sp³-hybridized carbons (Fsp3) is 0.389. The van der Waals surface area contributed by atoms with Crippen LogP contribution < -0.4 is 54.8 Å². The molecule has 0 aliphatic rings. The molecule has 0 spiro atoms. The Kier molecular flexibility index (Phi) is 40.2. The highest BCUT2D eigenvalue weighted by Gasteiger charge is 2.21. The molecule has 0 aliphatic heterocycles. The molecule has 2 aromatic heterocycles. The number of aliphatic hydroxyl groups is 1. The number of para-hydroxylation sites is 1. The molecule has 26 heteroatoms. The molecule has 0 fully saturated rings. The number of aryl methyl sites for hydroxylation is 1. The molecule has 0 saturated carbocycles. The number of H-pyrrole nitrogens is 1. The number of primary amides is 2. The second kappa shape index (κ2) is 45.1. The Morgan fingerprint density at radius 2 is 1.36 bits per heavy atom. The first-order chi connectivity index (χ1) is 38.5. The van der Waals surface area contributed by atoms with Crippen LogP contribution >= 0.6 is 43.2 Å². The summed E-state index contributed by atoms with van der Waals surface area (Å²) in [5, 5.41) is 36.4. The number of fused-ring (bicyclic) bond motifs is 1. The number of phenols is 1. The van der Waals surface area contributed by atoms with Gasteiger partial charge >= 0.3 is 0 Å². The van der Waals surface area contributed by atoms with Gasteiger partial charge in [-0.2, -0.15) is 0 Å². The van der Waals surface area contributed by atoms with Crippen LogP contribution in [0.4, 0.5) is 0 Å². The van der Waals surface area contributed by atoms with Gasteiger partial charge in [-0.3, -0.25) is 33.6 Å². The van der Waals surface area contributed by atoms with Gasteiger partial charge in [0.1, 0.15) is 35.2 Å². The molecule has 17 N–H and O–H groups in total. The number of nitrogens with zero attached hydrogens (tertiary/aromatic N) is 1. The normalized spacial score (nSPS) is 12.1. The molecule has 0 aliphatic carbocycles. The highest BCUT2D eigenvalue weighted by atomic mass is 33.1. The van der Waals surface area contributed by atoms with Crippen molar-refractivity contribution < 1.29 is 48.6 Å². The number of hydrogen-bond donors (Lipinski definition) is 13. The standard InChI is InChI=1S/C15H32N4O3S2.C12H14N2O4.C9H11N3O2S2.C9H12N2O.C9H9N/c1-3-9-23-24-10-8-18-15(22)13(20)11-19-14(21)12(17-2)6-4-5-7-16;15-6-5-13-12(18)11(14-8-16)7-9-1-3-10(17)4-2-9;10-9(14)7(12-6-13)5-15-16-8-3-1-2-4-11-8;10-8(9(11)12)6-7-4-2-1-3-5-7;1-7-6-10-9-5-3-2-4-8(7)9/h12-13,17,20H,3-11,16H2,1-2H3,(H,18,22)(H,19,21);1-4,6,8,11,17H,5,7H2,(H,13,18)(H,14,16);1-4,6-7H,5H2,(H2,10,14)(H,12,13);1-5,8H,6,10H2,(H2,11,12);2-6,10H,1H3. The van der Waals surface area contributed by atoms with E-state index in [9.17, 15) is 43.5 Å². The van der Waals surface area contributed by atoms with E-state index in [0.29, 0.717) is 50.8 Å². The quantitative estimate of drug-likeness (QED) is 0.0167. The molecule has 5 aromatic rings. The number of aldehydes is 1. The van der Waals surface area contributed by atoms with E-state index in [-0.39, 0.29) is 37.2 Å². The van der Waals surface area contributed by atoms with Crippen molar-refractivity contribution in [2.24, 2.45) is 22.9 Å². The Hall–Kier alpha value is -6.65. The fourth-order valence-corrected chi connectivity index (χ4v) is 10.5. The Labute approximate surface area is 483 Å². The second-order valence-electron chi connectivity index (χ2n) is 16.9. The Morgan fingerprint density at radius 3 is 1.96 bits per heavy atom. The van der Waals surface area contributed by atoms with Crippen molar-refractivity contribution in [1.29, 1.82) is 0 Å². The monoisotopic (exact) mass is 1180 g/mol. The molecule has 0 saturated heterocycles. The summed E-state index contributed by atoms with van der Waals surface area (Å²) in [6.07, 6.45) is 8.28. The minimum absolute atomic E-state index is 0.0859. The van der Waals surface area contributed by atoms with Gasteiger partial charge in [0.05, 0.1) is 25.2 Å². The van der Waals surface area contributed by atoms with Gasteiger partial charge in [0.2, 0.25) is 36.4 Å². The van der Waals surface area contributed by atoms with E-state index < -0.39 is 47.9 Å². The molecule has 3 aromatic carbocycles. The minimum atomic E-state index is -1.23. The van der Waals surface area contributed by atoms with Crippen LogP contribution in [0.1, 0.15) is 49.3 Å². The zero-order valence-corrected chi connectivity index (χ0v) is 48.5. The average molecular weight is 1180 g/mol. The summed E-state index contributed by atoms with van der Waals surface area (Å²) in [4.78, 5) is 94.9. The first kappa shape index (κ1) is 71.4. The summed E-state index contributed by atoms with van der Waals surface area (Å²) in [6.45, 7) is 5.16. The van der Waals surface area contributed by atoms with Crippen LogP contribution in [0.5, 0.6) is 5.75 Å². The maximum atomic E-state index is 12.0. The summed E-state index contributed by atoms with van der Waals surface area (Å²) >= 11 is 0. The van der Waals surface area contributed by atoms with Crippen molar-refractivity contribution in [3.8, 4) is 5.75 Å². The SMILES string of the molecule is CCCSSCCNC(=O)C(O)CNC(=O)C(CCCCN)NC.Cc1c[nH]c2ccccc12.NC(=O)C(CSSc1ccccn1)NC=O.NC(=O)C(N)Cc1ccccc1.O=CCNC(=O)C(Cc1ccc(O)cc1)NC=O. The molecule has 7 amide bonds. The summed E-state index contributed by atoms with van der Waals surface area (Å²) in [6, 6.07) is 27.5. The number of hydrogen-bond acceptors (Lipinski definition) is 18. The molecular weight excluding hydrogens is 1100 g/mol. The van der Waals surface area contributed by atoms with Gasteiger partial charge in [0, 0.05) is 53.5 Å². The number of carbonyl (C=O) groups is 8. The largest absolute Gasteiger partial charge is 0.508 e. The lowest BCUT2D eigenvalue weighted by atomic mass is 10.1. The van der Waals surface area contributed by atoms with Crippen LogP contribution in [0.25, 0.3) is 10.9 Å². The summed E-state index contributed by atoms with van der Waals surface area (Å²) in [7, 11) is 8.03. The Balaban J connectivity index is 0.000000514. The first-order valence-corrected chi connectivity index (χ1v) is 30.2. The molecule has 80 heavy (non-hydrogen) atoms. The fourth-order valence-electron chi connectivity index (χ4n) is 6.33. The zero-order chi connectivity index (χ0) is 59.3. The number of aromatic amines is 1. The zero-order valence-electron chi connectivity index (χ0n) is 45.3. The van der Waals surface area contributed by atoms with Gasteiger partial charge in [-0.05, 0) is 104 Å². The molecule has 22 nitrogen and oxygen atoms in total. The maximum Gasteiger partial charge on any atom is 0.250 e. The number of carbonyl (C=O) groups excluding carboxylic acids is 8. The van der Waals surface area contributed by atoms with E-state index in [2.05, 4.69) is 73.9 Å². The Morgan fingerprint density at radius 1 is 0.725 bits per heavy atom. The van der Waals surface area contributed by atoms with Crippen molar-refractivity contribution in [3.05, 3.63) is 126 Å². The van der Waals surface area contributed by atoms with E-state index in [1.54, 1.807) is 47.0 Å².